The third-order valence-corrected chi connectivity index (χ3v) is 6.19. The molecule has 0 radical (unpaired) electrons. The third kappa shape index (κ3) is 6.21. The fraction of sp³-hybridized carbons (Fsp3) is 0.682. The number of aromatic nitrogens is 1. The number of carbonyl (C=O) groups is 1. The van der Waals surface area contributed by atoms with E-state index in [4.69, 9.17) is 0 Å². The minimum atomic E-state index is -0.306. The van der Waals surface area contributed by atoms with Gasteiger partial charge in [-0.2, -0.15) is 0 Å². The van der Waals surface area contributed by atoms with E-state index in [1.807, 2.05) is 26.4 Å². The molecule has 1 aliphatic carbocycles. The van der Waals surface area contributed by atoms with Crippen LogP contribution in [0.25, 0.3) is 0 Å². The molecule has 2 aliphatic rings. The van der Waals surface area contributed by atoms with Gasteiger partial charge in [-0.3, -0.25) is 9.79 Å². The highest BCUT2D eigenvalue weighted by Crippen LogP contribution is 2.38. The summed E-state index contributed by atoms with van der Waals surface area (Å²) < 4.78 is 0. The smallest absolute Gasteiger partial charge is 0.230 e. The lowest BCUT2D eigenvalue weighted by molar-refractivity contribution is -0.138. The molecule has 1 amide bonds. The zero-order chi connectivity index (χ0) is 20.7. The van der Waals surface area contributed by atoms with Crippen molar-refractivity contribution < 1.29 is 4.79 Å². The Morgan fingerprint density at radius 3 is 2.50 bits per heavy atom. The Labute approximate surface area is 198 Å². The fourth-order valence-corrected chi connectivity index (χ4v) is 4.52. The molecule has 2 N–H and O–H groups in total. The second-order valence-corrected chi connectivity index (χ2v) is 8.54. The Morgan fingerprint density at radius 1 is 1.17 bits per heavy atom. The maximum absolute atomic E-state index is 12.7. The molecule has 1 aromatic heterocycles. The van der Waals surface area contributed by atoms with Gasteiger partial charge < -0.3 is 20.4 Å². The average molecular weight is 528 g/mol. The molecule has 3 rings (SSSR count). The predicted molar refractivity (Wildman–Crippen MR) is 134 cm³/mol. The van der Waals surface area contributed by atoms with Crippen molar-refractivity contribution in [2.75, 3.05) is 45.7 Å². The topological polar surface area (TPSA) is 72.9 Å². The third-order valence-electron chi connectivity index (χ3n) is 6.19. The van der Waals surface area contributed by atoms with Crippen molar-refractivity contribution in [1.82, 2.24) is 20.5 Å². The van der Waals surface area contributed by atoms with Crippen LogP contribution >= 0.6 is 24.0 Å². The maximum atomic E-state index is 12.7. The fourth-order valence-electron chi connectivity index (χ4n) is 4.52. The minimum Gasteiger partial charge on any atom is -0.357 e. The van der Waals surface area contributed by atoms with E-state index in [-0.39, 0.29) is 35.3 Å². The van der Waals surface area contributed by atoms with Crippen LogP contribution < -0.4 is 15.5 Å². The molecule has 2 fully saturated rings. The molecule has 8 heteroatoms. The van der Waals surface area contributed by atoms with E-state index in [0.29, 0.717) is 13.1 Å². The standard InChI is InChI=1S/C22H36N6O.HI/c1-23-21(26-17-22(10-5-6-11-22)20(29)27(2)3)25-16-18-9-12-24-19(15-18)28-13-7-4-8-14-28;/h9,12,15H,4-8,10-11,13-14,16-17H2,1-3H3,(H2,23,25,26);1H. The normalized spacial score (nSPS) is 18.5. The molecule has 1 saturated heterocycles. The molecular weight excluding hydrogens is 491 g/mol. The van der Waals surface area contributed by atoms with E-state index in [1.165, 1.54) is 24.8 Å². The number of nitrogens with one attached hydrogen (secondary N) is 2. The van der Waals surface area contributed by atoms with Crippen molar-refractivity contribution in [3.63, 3.8) is 0 Å². The summed E-state index contributed by atoms with van der Waals surface area (Å²) in [5, 5.41) is 6.79. The number of rotatable bonds is 6. The number of anilines is 1. The Kier molecular flexibility index (Phi) is 9.64. The quantitative estimate of drug-likeness (QED) is 0.338. The summed E-state index contributed by atoms with van der Waals surface area (Å²) in [4.78, 5) is 25.8. The van der Waals surface area contributed by atoms with Crippen molar-refractivity contribution >= 4 is 41.7 Å². The summed E-state index contributed by atoms with van der Waals surface area (Å²) in [5.41, 5.74) is 0.877. The second-order valence-electron chi connectivity index (χ2n) is 8.54. The molecule has 0 atom stereocenters. The predicted octanol–water partition coefficient (Wildman–Crippen LogP) is 3.00. The van der Waals surface area contributed by atoms with E-state index in [9.17, 15) is 4.79 Å². The first-order valence-electron chi connectivity index (χ1n) is 10.9. The van der Waals surface area contributed by atoms with Gasteiger partial charge in [0.25, 0.3) is 0 Å². The monoisotopic (exact) mass is 528 g/mol. The molecule has 168 valence electrons. The van der Waals surface area contributed by atoms with Crippen LogP contribution in [0.3, 0.4) is 0 Å². The SMILES string of the molecule is CN=C(NCc1ccnc(N2CCCCC2)c1)NCC1(C(=O)N(C)C)CCCC1.I. The zero-order valence-corrected chi connectivity index (χ0v) is 20.9. The first-order chi connectivity index (χ1) is 14.0. The number of aliphatic imine (C=N–C) groups is 1. The summed E-state index contributed by atoms with van der Waals surface area (Å²) in [7, 11) is 5.47. The number of piperidine rings is 1. The van der Waals surface area contributed by atoms with E-state index in [0.717, 1.165) is 50.6 Å². The Balaban J connectivity index is 0.00000320. The van der Waals surface area contributed by atoms with Crippen LogP contribution in [0.15, 0.2) is 23.3 Å². The van der Waals surface area contributed by atoms with Crippen molar-refractivity contribution in [2.24, 2.45) is 10.4 Å². The van der Waals surface area contributed by atoms with Gasteiger partial charge >= 0.3 is 0 Å². The van der Waals surface area contributed by atoms with Gasteiger partial charge in [-0.05, 0) is 49.8 Å². The van der Waals surface area contributed by atoms with Gasteiger partial charge in [0.1, 0.15) is 5.82 Å². The summed E-state index contributed by atoms with van der Waals surface area (Å²) in [6.45, 7) is 3.49. The first kappa shape index (κ1) is 24.7. The van der Waals surface area contributed by atoms with Gasteiger partial charge in [0.2, 0.25) is 5.91 Å². The number of halogens is 1. The highest BCUT2D eigenvalue weighted by molar-refractivity contribution is 14.0. The number of hydrogen-bond acceptors (Lipinski definition) is 4. The van der Waals surface area contributed by atoms with Gasteiger partial charge in [0.05, 0.1) is 5.41 Å². The zero-order valence-electron chi connectivity index (χ0n) is 18.6. The lowest BCUT2D eigenvalue weighted by Crippen LogP contribution is -2.49. The maximum Gasteiger partial charge on any atom is 0.230 e. The van der Waals surface area contributed by atoms with Crippen LogP contribution in [-0.4, -0.2) is 62.5 Å². The molecule has 0 aromatic carbocycles. The molecule has 1 saturated carbocycles. The molecule has 0 unspecified atom stereocenters. The number of nitrogens with zero attached hydrogens (tertiary/aromatic N) is 4. The van der Waals surface area contributed by atoms with Crippen molar-refractivity contribution in [3.05, 3.63) is 23.9 Å². The highest BCUT2D eigenvalue weighted by Gasteiger charge is 2.42. The number of pyridine rings is 1. The van der Waals surface area contributed by atoms with Crippen molar-refractivity contribution in [2.45, 2.75) is 51.5 Å². The van der Waals surface area contributed by atoms with Gasteiger partial charge in [0, 0.05) is 53.5 Å². The molecule has 1 aromatic rings. The molecule has 7 nitrogen and oxygen atoms in total. The highest BCUT2D eigenvalue weighted by atomic mass is 127. The Bertz CT molecular complexity index is 711. The van der Waals surface area contributed by atoms with Gasteiger partial charge in [0.15, 0.2) is 5.96 Å². The minimum absolute atomic E-state index is 0. The van der Waals surface area contributed by atoms with Crippen LogP contribution in [0.1, 0.15) is 50.5 Å². The second kappa shape index (κ2) is 11.7. The van der Waals surface area contributed by atoms with Crippen LogP contribution in [0, 0.1) is 5.41 Å². The van der Waals surface area contributed by atoms with Crippen molar-refractivity contribution in [3.8, 4) is 0 Å². The Morgan fingerprint density at radius 2 is 1.87 bits per heavy atom. The van der Waals surface area contributed by atoms with Crippen LogP contribution in [-0.2, 0) is 11.3 Å². The van der Waals surface area contributed by atoms with E-state index >= 15 is 0 Å². The summed E-state index contributed by atoms with van der Waals surface area (Å²) in [6, 6.07) is 4.21. The summed E-state index contributed by atoms with van der Waals surface area (Å²) in [5.74, 6) is 2.02. The van der Waals surface area contributed by atoms with Gasteiger partial charge in [-0.1, -0.05) is 12.8 Å². The summed E-state index contributed by atoms with van der Waals surface area (Å²) in [6.07, 6.45) is 9.81. The van der Waals surface area contributed by atoms with Crippen LogP contribution in [0.5, 0.6) is 0 Å². The Hall–Kier alpha value is -1.58. The summed E-state index contributed by atoms with van der Waals surface area (Å²) >= 11 is 0. The van der Waals surface area contributed by atoms with E-state index in [2.05, 4.69) is 31.6 Å². The number of carbonyl (C=O) groups excluding carboxylic acids is 1. The lowest BCUT2D eigenvalue weighted by atomic mass is 9.84. The molecule has 30 heavy (non-hydrogen) atoms. The molecular formula is C22H37IN6O. The first-order valence-corrected chi connectivity index (χ1v) is 10.9. The van der Waals surface area contributed by atoms with E-state index < -0.39 is 0 Å². The van der Waals surface area contributed by atoms with Crippen LogP contribution in [0.2, 0.25) is 0 Å². The largest absolute Gasteiger partial charge is 0.357 e. The number of amides is 1. The van der Waals surface area contributed by atoms with Crippen molar-refractivity contribution in [1.29, 1.82) is 0 Å². The molecule has 0 spiro atoms. The number of hydrogen-bond donors (Lipinski definition) is 2. The van der Waals surface area contributed by atoms with Crippen LogP contribution in [0.4, 0.5) is 5.82 Å². The molecule has 0 bridgehead atoms. The number of guanidine groups is 1. The molecule has 2 heterocycles. The lowest BCUT2D eigenvalue weighted by Gasteiger charge is -2.31. The van der Waals surface area contributed by atoms with E-state index in [1.54, 1.807) is 11.9 Å². The van der Waals surface area contributed by atoms with Gasteiger partial charge in [-0.25, -0.2) is 4.98 Å². The molecule has 1 aliphatic heterocycles. The average Bonchev–Trinajstić information content (AvgIpc) is 3.24. The van der Waals surface area contributed by atoms with Gasteiger partial charge in [-0.15, -0.1) is 24.0 Å².